The first-order valence-corrected chi connectivity index (χ1v) is 11.7. The third-order valence-corrected chi connectivity index (χ3v) is 6.05. The molecule has 34 heavy (non-hydrogen) atoms. The predicted octanol–water partition coefficient (Wildman–Crippen LogP) is 6.96. The van der Waals surface area contributed by atoms with Crippen LogP contribution in [-0.4, -0.2) is 11.8 Å². The standard InChI is InChI=1S/C26H20Cl4N2O2/c27-21-6-2-7-22(28)19(21)10-12-25(33)31-15-17-4-1-5-18(14-17)16-32-26(34)13-11-20-23(29)8-3-9-24(20)30/h1-14H,15-16H2,(H,31,33)(H,32,34). The molecule has 174 valence electrons. The molecule has 0 spiro atoms. The summed E-state index contributed by atoms with van der Waals surface area (Å²) in [7, 11) is 0. The molecule has 0 unspecified atom stereocenters. The number of rotatable bonds is 8. The van der Waals surface area contributed by atoms with Gasteiger partial charge in [0.25, 0.3) is 0 Å². The van der Waals surface area contributed by atoms with Gasteiger partial charge in [0.2, 0.25) is 11.8 Å². The average molecular weight is 534 g/mol. The van der Waals surface area contributed by atoms with Crippen LogP contribution in [0.5, 0.6) is 0 Å². The maximum Gasteiger partial charge on any atom is 0.244 e. The van der Waals surface area contributed by atoms with E-state index < -0.39 is 0 Å². The van der Waals surface area contributed by atoms with E-state index in [1.54, 1.807) is 48.6 Å². The van der Waals surface area contributed by atoms with Gasteiger partial charge in [-0.05, 0) is 47.5 Å². The van der Waals surface area contributed by atoms with E-state index in [4.69, 9.17) is 46.4 Å². The van der Waals surface area contributed by atoms with E-state index in [-0.39, 0.29) is 11.8 Å². The highest BCUT2D eigenvalue weighted by atomic mass is 35.5. The van der Waals surface area contributed by atoms with Crippen LogP contribution in [0.1, 0.15) is 22.3 Å². The summed E-state index contributed by atoms with van der Waals surface area (Å²) in [5, 5.41) is 7.50. The second-order valence-corrected chi connectivity index (χ2v) is 8.82. The fourth-order valence-corrected chi connectivity index (χ4v) is 4.05. The van der Waals surface area contributed by atoms with Crippen molar-refractivity contribution >= 4 is 70.4 Å². The van der Waals surface area contributed by atoms with Crippen molar-refractivity contribution in [3.63, 3.8) is 0 Å². The summed E-state index contributed by atoms with van der Waals surface area (Å²) in [6.07, 6.45) is 5.92. The van der Waals surface area contributed by atoms with Crippen LogP contribution in [0, 0.1) is 0 Å². The fraction of sp³-hybridized carbons (Fsp3) is 0.0769. The Morgan fingerprint density at radius 3 is 1.35 bits per heavy atom. The normalized spacial score (nSPS) is 11.2. The molecule has 0 fully saturated rings. The molecule has 0 aliphatic carbocycles. The van der Waals surface area contributed by atoms with Crippen molar-refractivity contribution in [3.8, 4) is 0 Å². The summed E-state index contributed by atoms with van der Waals surface area (Å²) in [6, 6.07) is 17.8. The van der Waals surface area contributed by atoms with Gasteiger partial charge in [0.1, 0.15) is 0 Å². The molecule has 0 aliphatic heterocycles. The van der Waals surface area contributed by atoms with Crippen molar-refractivity contribution in [1.29, 1.82) is 0 Å². The van der Waals surface area contributed by atoms with Gasteiger partial charge in [-0.3, -0.25) is 9.59 Å². The number of hydrogen-bond acceptors (Lipinski definition) is 2. The summed E-state index contributed by atoms with van der Waals surface area (Å²) in [5.74, 6) is -0.559. The van der Waals surface area contributed by atoms with Crippen LogP contribution < -0.4 is 10.6 Å². The Morgan fingerprint density at radius 2 is 0.971 bits per heavy atom. The number of benzene rings is 3. The largest absolute Gasteiger partial charge is 0.348 e. The van der Waals surface area contributed by atoms with Gasteiger partial charge in [0.05, 0.1) is 0 Å². The molecular formula is C26H20Cl4N2O2. The lowest BCUT2D eigenvalue weighted by atomic mass is 10.1. The van der Waals surface area contributed by atoms with Crippen molar-refractivity contribution in [2.75, 3.05) is 0 Å². The maximum atomic E-state index is 12.2. The van der Waals surface area contributed by atoms with Gasteiger partial charge in [-0.15, -0.1) is 0 Å². The van der Waals surface area contributed by atoms with Gasteiger partial charge in [-0.2, -0.15) is 0 Å². The van der Waals surface area contributed by atoms with Crippen molar-refractivity contribution in [2.45, 2.75) is 13.1 Å². The van der Waals surface area contributed by atoms with Gasteiger partial charge in [-0.25, -0.2) is 0 Å². The highest BCUT2D eigenvalue weighted by Gasteiger charge is 2.05. The minimum atomic E-state index is -0.280. The lowest BCUT2D eigenvalue weighted by molar-refractivity contribution is -0.117. The van der Waals surface area contributed by atoms with Crippen LogP contribution in [0.4, 0.5) is 0 Å². The lowest BCUT2D eigenvalue weighted by Crippen LogP contribution is -2.21. The molecule has 0 aromatic heterocycles. The van der Waals surface area contributed by atoms with Crippen LogP contribution >= 0.6 is 46.4 Å². The van der Waals surface area contributed by atoms with Gasteiger partial charge >= 0.3 is 0 Å². The molecule has 2 amide bonds. The number of carbonyl (C=O) groups excluding carboxylic acids is 2. The highest BCUT2D eigenvalue weighted by molar-refractivity contribution is 6.37. The van der Waals surface area contributed by atoms with Gasteiger partial charge in [0.15, 0.2) is 0 Å². The third-order valence-electron chi connectivity index (χ3n) is 4.73. The number of carbonyl (C=O) groups is 2. The van der Waals surface area contributed by atoms with Crippen molar-refractivity contribution in [3.05, 3.63) is 115 Å². The van der Waals surface area contributed by atoms with Gasteiger partial charge in [-0.1, -0.05) is 82.8 Å². The Morgan fingerprint density at radius 1 is 0.618 bits per heavy atom. The molecule has 0 heterocycles. The second-order valence-electron chi connectivity index (χ2n) is 7.19. The van der Waals surface area contributed by atoms with E-state index in [9.17, 15) is 9.59 Å². The average Bonchev–Trinajstić information content (AvgIpc) is 2.81. The first kappa shape index (κ1) is 25.9. The molecular weight excluding hydrogens is 514 g/mol. The van der Waals surface area contributed by atoms with Crippen molar-refractivity contribution in [1.82, 2.24) is 10.6 Å². The summed E-state index contributed by atoms with van der Waals surface area (Å²) >= 11 is 24.4. The molecule has 4 nitrogen and oxygen atoms in total. The Kier molecular flexibility index (Phi) is 9.61. The van der Waals surface area contributed by atoms with Crippen LogP contribution in [0.15, 0.2) is 72.8 Å². The number of hydrogen-bond donors (Lipinski definition) is 2. The molecule has 8 heteroatoms. The Bertz CT molecular complexity index is 1120. The molecule has 0 bridgehead atoms. The van der Waals surface area contributed by atoms with Crippen molar-refractivity contribution in [2.24, 2.45) is 0 Å². The molecule has 0 saturated heterocycles. The van der Waals surface area contributed by atoms with Crippen LogP contribution in [0.3, 0.4) is 0 Å². The minimum Gasteiger partial charge on any atom is -0.348 e. The first-order valence-electron chi connectivity index (χ1n) is 10.2. The number of amides is 2. The molecule has 0 saturated carbocycles. The molecule has 3 rings (SSSR count). The first-order chi connectivity index (χ1) is 16.3. The predicted molar refractivity (Wildman–Crippen MR) is 141 cm³/mol. The molecule has 3 aromatic carbocycles. The lowest BCUT2D eigenvalue weighted by Gasteiger charge is -2.07. The van der Waals surface area contributed by atoms with E-state index in [2.05, 4.69) is 10.6 Å². The maximum absolute atomic E-state index is 12.2. The van der Waals surface area contributed by atoms with Crippen LogP contribution in [-0.2, 0) is 22.7 Å². The smallest absolute Gasteiger partial charge is 0.244 e. The molecule has 3 aromatic rings. The summed E-state index contributed by atoms with van der Waals surface area (Å²) in [6.45, 7) is 0.651. The van der Waals surface area contributed by atoms with E-state index >= 15 is 0 Å². The number of nitrogens with one attached hydrogen (secondary N) is 2. The molecule has 0 atom stereocenters. The van der Waals surface area contributed by atoms with Gasteiger partial charge in [0, 0.05) is 56.5 Å². The zero-order valence-electron chi connectivity index (χ0n) is 17.8. The zero-order chi connectivity index (χ0) is 24.5. The van der Waals surface area contributed by atoms with Crippen LogP contribution in [0.2, 0.25) is 20.1 Å². The summed E-state index contributed by atoms with van der Waals surface area (Å²) in [4.78, 5) is 24.4. The third kappa shape index (κ3) is 7.64. The Balaban J connectivity index is 1.51. The summed E-state index contributed by atoms with van der Waals surface area (Å²) < 4.78 is 0. The SMILES string of the molecule is O=C(C=Cc1c(Cl)cccc1Cl)NCc1cccc(CNC(=O)C=Cc2c(Cl)cccc2Cl)c1. The van der Waals surface area contributed by atoms with E-state index in [1.165, 1.54) is 12.2 Å². The van der Waals surface area contributed by atoms with E-state index in [1.807, 2.05) is 24.3 Å². The summed E-state index contributed by atoms with van der Waals surface area (Å²) in [5.41, 5.74) is 2.96. The molecule has 0 radical (unpaired) electrons. The van der Waals surface area contributed by atoms with Crippen molar-refractivity contribution < 1.29 is 9.59 Å². The second kappa shape index (κ2) is 12.6. The highest BCUT2D eigenvalue weighted by Crippen LogP contribution is 2.26. The van der Waals surface area contributed by atoms with E-state index in [0.717, 1.165) is 11.1 Å². The topological polar surface area (TPSA) is 58.2 Å². The zero-order valence-corrected chi connectivity index (χ0v) is 20.8. The van der Waals surface area contributed by atoms with Crippen LogP contribution in [0.25, 0.3) is 12.2 Å². The monoisotopic (exact) mass is 532 g/mol. The molecule has 0 aliphatic rings. The Labute approximate surface area is 218 Å². The minimum absolute atomic E-state index is 0.280. The quantitative estimate of drug-likeness (QED) is 0.307. The fourth-order valence-electron chi connectivity index (χ4n) is 3.00. The van der Waals surface area contributed by atoms with E-state index in [0.29, 0.717) is 44.3 Å². The Hall–Kier alpha value is -2.76. The molecule has 2 N–H and O–H groups in total. The number of halogens is 4. The van der Waals surface area contributed by atoms with Gasteiger partial charge < -0.3 is 10.6 Å².